The van der Waals surface area contributed by atoms with Crippen LogP contribution in [0.25, 0.3) is 0 Å². The quantitative estimate of drug-likeness (QED) is 0.610. The van der Waals surface area contributed by atoms with Crippen molar-refractivity contribution in [3.05, 3.63) is 56.5 Å². The van der Waals surface area contributed by atoms with Gasteiger partial charge >= 0.3 is 0 Å². The Balaban J connectivity index is 2.12. The van der Waals surface area contributed by atoms with E-state index in [1.807, 2.05) is 0 Å². The fourth-order valence-corrected chi connectivity index (χ4v) is 2.47. The summed E-state index contributed by atoms with van der Waals surface area (Å²) in [5.41, 5.74) is 3.36. The molecular formula is C16H13Cl3N2O3. The van der Waals surface area contributed by atoms with Crippen LogP contribution < -0.4 is 14.9 Å². The number of rotatable bonds is 5. The van der Waals surface area contributed by atoms with Crippen molar-refractivity contribution in [1.29, 1.82) is 0 Å². The molecule has 0 aromatic heterocycles. The van der Waals surface area contributed by atoms with E-state index < -0.39 is 5.91 Å². The molecule has 0 saturated carbocycles. The lowest BCUT2D eigenvalue weighted by atomic mass is 10.2. The van der Waals surface area contributed by atoms with Crippen LogP contribution >= 0.6 is 34.8 Å². The van der Waals surface area contributed by atoms with Crippen molar-refractivity contribution < 1.29 is 14.3 Å². The molecule has 2 aromatic carbocycles. The summed E-state index contributed by atoms with van der Waals surface area (Å²) in [6, 6.07) is 7.86. The molecule has 2 rings (SSSR count). The normalized spacial score (nSPS) is 10.7. The Labute approximate surface area is 154 Å². The number of carbonyl (C=O) groups excluding carboxylic acids is 1. The second-order valence-electron chi connectivity index (χ2n) is 4.57. The van der Waals surface area contributed by atoms with Crippen LogP contribution in [0.4, 0.5) is 0 Å². The van der Waals surface area contributed by atoms with Gasteiger partial charge in [-0.25, -0.2) is 5.43 Å². The van der Waals surface area contributed by atoms with Crippen LogP contribution in [0, 0.1) is 0 Å². The van der Waals surface area contributed by atoms with Gasteiger partial charge in [-0.05, 0) is 35.9 Å². The minimum absolute atomic E-state index is 0.292. The largest absolute Gasteiger partial charge is 0.493 e. The highest BCUT2D eigenvalue weighted by Gasteiger charge is 2.10. The van der Waals surface area contributed by atoms with Gasteiger partial charge in [0.1, 0.15) is 0 Å². The molecule has 0 spiro atoms. The van der Waals surface area contributed by atoms with Gasteiger partial charge < -0.3 is 9.47 Å². The minimum atomic E-state index is -0.420. The molecular weight excluding hydrogens is 375 g/mol. The Morgan fingerprint density at radius 2 is 1.79 bits per heavy atom. The predicted octanol–water partition coefficient (Wildman–Crippen LogP) is 4.43. The van der Waals surface area contributed by atoms with Gasteiger partial charge in [-0.15, -0.1) is 0 Å². The molecule has 1 amide bonds. The third kappa shape index (κ3) is 4.32. The highest BCUT2D eigenvalue weighted by atomic mass is 35.5. The Morgan fingerprint density at radius 1 is 1.04 bits per heavy atom. The Hall–Kier alpha value is -1.95. The molecule has 0 atom stereocenters. The number of amides is 1. The lowest BCUT2D eigenvalue weighted by Crippen LogP contribution is -2.17. The van der Waals surface area contributed by atoms with E-state index in [9.17, 15) is 4.79 Å². The summed E-state index contributed by atoms with van der Waals surface area (Å²) in [5, 5.41) is 4.92. The number of nitrogens with zero attached hydrogens (tertiary/aromatic N) is 1. The van der Waals surface area contributed by atoms with Gasteiger partial charge in [0.05, 0.1) is 35.5 Å². The summed E-state index contributed by atoms with van der Waals surface area (Å²) < 4.78 is 10.3. The number of hydrogen-bond acceptors (Lipinski definition) is 4. The fraction of sp³-hybridized carbons (Fsp3) is 0.125. The van der Waals surface area contributed by atoms with Crippen molar-refractivity contribution in [2.24, 2.45) is 5.10 Å². The highest BCUT2D eigenvalue weighted by Crippen LogP contribution is 2.35. The summed E-state index contributed by atoms with van der Waals surface area (Å²) in [5.74, 6) is 0.467. The van der Waals surface area contributed by atoms with Crippen LogP contribution in [0.5, 0.6) is 11.5 Å². The molecule has 0 aliphatic rings. The highest BCUT2D eigenvalue weighted by molar-refractivity contribution is 6.42. The van der Waals surface area contributed by atoms with Gasteiger partial charge in [-0.3, -0.25) is 4.79 Å². The van der Waals surface area contributed by atoms with E-state index in [1.54, 1.807) is 18.2 Å². The van der Waals surface area contributed by atoms with Gasteiger partial charge in [0.2, 0.25) is 0 Å². The zero-order valence-corrected chi connectivity index (χ0v) is 15.0. The lowest BCUT2D eigenvalue weighted by molar-refractivity contribution is 0.0955. The molecule has 5 nitrogen and oxygen atoms in total. The number of nitrogens with one attached hydrogen (secondary N) is 1. The first-order valence-corrected chi connectivity index (χ1v) is 7.79. The second kappa shape index (κ2) is 8.24. The number of benzene rings is 2. The van der Waals surface area contributed by atoms with Crippen LogP contribution in [0.2, 0.25) is 15.1 Å². The number of ether oxygens (including phenoxy) is 2. The molecule has 0 heterocycles. The summed E-state index contributed by atoms with van der Waals surface area (Å²) in [7, 11) is 3.00. The predicted molar refractivity (Wildman–Crippen MR) is 96.1 cm³/mol. The smallest absolute Gasteiger partial charge is 0.271 e. The van der Waals surface area contributed by atoms with E-state index in [0.717, 1.165) is 0 Å². The molecule has 0 radical (unpaired) electrons. The van der Waals surface area contributed by atoms with Crippen LogP contribution in [0.15, 0.2) is 35.4 Å². The first kappa shape index (κ1) is 18.4. The van der Waals surface area contributed by atoms with Crippen molar-refractivity contribution >= 4 is 46.9 Å². The number of halogens is 3. The van der Waals surface area contributed by atoms with E-state index in [2.05, 4.69) is 10.5 Å². The minimum Gasteiger partial charge on any atom is -0.493 e. The third-order valence-corrected chi connectivity index (χ3v) is 4.04. The molecule has 2 aromatic rings. The Kier molecular flexibility index (Phi) is 6.31. The van der Waals surface area contributed by atoms with Crippen LogP contribution in [0.3, 0.4) is 0 Å². The standard InChI is InChI=1S/C16H13Cl3N2O3/c1-23-14-6-9(5-13(19)15(14)24-2)8-20-21-16(22)10-3-4-11(17)12(18)7-10/h3-8H,1-2H3,(H,21,22)/b20-8+. The molecule has 0 saturated heterocycles. The Bertz CT molecular complexity index is 794. The van der Waals surface area contributed by atoms with Gasteiger partial charge in [-0.1, -0.05) is 34.8 Å². The van der Waals surface area contributed by atoms with E-state index in [0.29, 0.717) is 37.7 Å². The molecule has 126 valence electrons. The maximum Gasteiger partial charge on any atom is 0.271 e. The monoisotopic (exact) mass is 386 g/mol. The SMILES string of the molecule is COc1cc(/C=N/NC(=O)c2ccc(Cl)c(Cl)c2)cc(Cl)c1OC. The molecule has 0 unspecified atom stereocenters. The van der Waals surface area contributed by atoms with Gasteiger partial charge in [0.25, 0.3) is 5.91 Å². The molecule has 0 bridgehead atoms. The van der Waals surface area contributed by atoms with E-state index in [1.165, 1.54) is 32.6 Å². The summed E-state index contributed by atoms with van der Waals surface area (Å²) >= 11 is 17.8. The number of hydrazone groups is 1. The molecule has 24 heavy (non-hydrogen) atoms. The van der Waals surface area contributed by atoms with Gasteiger partial charge in [0, 0.05) is 5.56 Å². The van der Waals surface area contributed by atoms with Gasteiger partial charge in [-0.2, -0.15) is 5.10 Å². The lowest BCUT2D eigenvalue weighted by Gasteiger charge is -2.09. The van der Waals surface area contributed by atoms with Gasteiger partial charge in [0.15, 0.2) is 11.5 Å². The maximum absolute atomic E-state index is 12.0. The maximum atomic E-state index is 12.0. The van der Waals surface area contributed by atoms with Crippen molar-refractivity contribution in [2.75, 3.05) is 14.2 Å². The molecule has 0 aliphatic heterocycles. The molecule has 1 N–H and O–H groups in total. The summed E-state index contributed by atoms with van der Waals surface area (Å²) in [6.45, 7) is 0. The molecule has 0 fully saturated rings. The van der Waals surface area contributed by atoms with E-state index in [4.69, 9.17) is 44.3 Å². The third-order valence-electron chi connectivity index (χ3n) is 3.02. The number of hydrogen-bond donors (Lipinski definition) is 1. The first-order valence-electron chi connectivity index (χ1n) is 6.66. The topological polar surface area (TPSA) is 59.9 Å². The van der Waals surface area contributed by atoms with Crippen molar-refractivity contribution in [3.63, 3.8) is 0 Å². The molecule has 0 aliphatic carbocycles. The average molecular weight is 388 g/mol. The van der Waals surface area contributed by atoms with Crippen molar-refractivity contribution in [3.8, 4) is 11.5 Å². The van der Waals surface area contributed by atoms with Crippen LogP contribution in [-0.2, 0) is 0 Å². The van der Waals surface area contributed by atoms with E-state index >= 15 is 0 Å². The van der Waals surface area contributed by atoms with Crippen LogP contribution in [-0.4, -0.2) is 26.3 Å². The van der Waals surface area contributed by atoms with Crippen molar-refractivity contribution in [2.45, 2.75) is 0 Å². The van der Waals surface area contributed by atoms with Crippen molar-refractivity contribution in [1.82, 2.24) is 5.43 Å². The van der Waals surface area contributed by atoms with E-state index in [-0.39, 0.29) is 0 Å². The zero-order chi connectivity index (χ0) is 17.7. The number of carbonyl (C=O) groups is 1. The Morgan fingerprint density at radius 3 is 2.42 bits per heavy atom. The second-order valence-corrected chi connectivity index (χ2v) is 5.79. The summed E-state index contributed by atoms with van der Waals surface area (Å²) in [6.07, 6.45) is 1.43. The number of methoxy groups -OCH3 is 2. The van der Waals surface area contributed by atoms with Crippen LogP contribution in [0.1, 0.15) is 15.9 Å². The molecule has 8 heteroatoms. The first-order chi connectivity index (χ1) is 11.5. The summed E-state index contributed by atoms with van der Waals surface area (Å²) in [4.78, 5) is 12.0. The zero-order valence-electron chi connectivity index (χ0n) is 12.8. The fourth-order valence-electron chi connectivity index (χ4n) is 1.88. The average Bonchev–Trinajstić information content (AvgIpc) is 2.56.